The third-order valence-electron chi connectivity index (χ3n) is 1.55. The van der Waals surface area contributed by atoms with Gasteiger partial charge in [0, 0.05) is 20.4 Å². The van der Waals surface area contributed by atoms with Crippen LogP contribution in [0, 0.1) is 0 Å². The van der Waals surface area contributed by atoms with Gasteiger partial charge in [-0.15, -0.1) is 0 Å². The third kappa shape index (κ3) is 3.59. The van der Waals surface area contributed by atoms with E-state index in [1.807, 2.05) is 4.89 Å². The molecule has 15 heavy (non-hydrogen) atoms. The molecule has 0 radical (unpaired) electrons. The summed E-state index contributed by atoms with van der Waals surface area (Å²) in [6, 6.07) is 0. The maximum absolute atomic E-state index is 11.5. The van der Waals surface area contributed by atoms with Gasteiger partial charge in [-0.2, -0.15) is 5.10 Å². The first-order valence-corrected chi connectivity index (χ1v) is 5.66. The van der Waals surface area contributed by atoms with Crippen LogP contribution in [0.3, 0.4) is 0 Å². The van der Waals surface area contributed by atoms with Crippen molar-refractivity contribution >= 4 is 10.0 Å². The van der Waals surface area contributed by atoms with Crippen molar-refractivity contribution in [2.45, 2.75) is 4.90 Å². The molecule has 1 aromatic heterocycles. The lowest BCUT2D eigenvalue weighted by Gasteiger charge is -2.04. The quantitative estimate of drug-likeness (QED) is 0.519. The number of hydrogen-bond donors (Lipinski definition) is 1. The zero-order valence-electron chi connectivity index (χ0n) is 8.50. The number of aromatic nitrogens is 2. The van der Waals surface area contributed by atoms with E-state index in [-0.39, 0.29) is 11.5 Å². The number of rotatable bonds is 6. The first kappa shape index (κ1) is 12.1. The molecular weight excluding hydrogens is 222 g/mol. The van der Waals surface area contributed by atoms with Crippen molar-refractivity contribution in [2.24, 2.45) is 7.05 Å². The van der Waals surface area contributed by atoms with Crippen molar-refractivity contribution < 1.29 is 18.0 Å². The van der Waals surface area contributed by atoms with Crippen LogP contribution in [-0.4, -0.2) is 38.5 Å². The summed E-state index contributed by atoms with van der Waals surface area (Å²) in [5.74, 6) is 0. The van der Waals surface area contributed by atoms with Crippen molar-refractivity contribution in [3.05, 3.63) is 12.4 Å². The second kappa shape index (κ2) is 5.21. The first-order valence-electron chi connectivity index (χ1n) is 4.17. The van der Waals surface area contributed by atoms with Crippen LogP contribution in [0.5, 0.6) is 0 Å². The van der Waals surface area contributed by atoms with Crippen LogP contribution in [-0.2, 0) is 26.6 Å². The fraction of sp³-hybridized carbons (Fsp3) is 0.571. The van der Waals surface area contributed by atoms with E-state index < -0.39 is 10.0 Å². The highest BCUT2D eigenvalue weighted by Gasteiger charge is 2.15. The molecule has 86 valence electrons. The molecule has 1 rings (SSSR count). The zero-order chi connectivity index (χ0) is 11.3. The topological polar surface area (TPSA) is 82.4 Å². The van der Waals surface area contributed by atoms with E-state index in [1.54, 1.807) is 7.05 Å². The Morgan fingerprint density at radius 1 is 1.53 bits per heavy atom. The Balaban J connectivity index is 2.53. The lowest BCUT2D eigenvalue weighted by molar-refractivity contribution is 0.0438. The van der Waals surface area contributed by atoms with Crippen molar-refractivity contribution in [1.29, 1.82) is 0 Å². The van der Waals surface area contributed by atoms with Crippen LogP contribution in [0.2, 0.25) is 0 Å². The van der Waals surface area contributed by atoms with Crippen LogP contribution in [0.1, 0.15) is 0 Å². The molecule has 0 saturated carbocycles. The predicted octanol–water partition coefficient (Wildman–Crippen LogP) is -0.724. The Hall–Kier alpha value is -0.960. The first-order chi connectivity index (χ1) is 7.06. The van der Waals surface area contributed by atoms with E-state index in [0.29, 0.717) is 6.61 Å². The lowest BCUT2D eigenvalue weighted by atomic mass is 10.7. The minimum Gasteiger partial charge on any atom is -0.382 e. The fourth-order valence-corrected chi connectivity index (χ4v) is 1.64. The Labute approximate surface area is 88.0 Å². The molecule has 0 aliphatic carbocycles. The van der Waals surface area contributed by atoms with Gasteiger partial charge >= 0.3 is 0 Å². The Kier molecular flexibility index (Phi) is 4.21. The number of nitrogens with zero attached hydrogens (tertiary/aromatic N) is 2. The summed E-state index contributed by atoms with van der Waals surface area (Å²) in [4.78, 5) is 6.72. The van der Waals surface area contributed by atoms with Crippen molar-refractivity contribution in [3.63, 3.8) is 0 Å². The van der Waals surface area contributed by atoms with Gasteiger partial charge in [-0.3, -0.25) is 9.52 Å². The van der Waals surface area contributed by atoms with Gasteiger partial charge in [0.25, 0.3) is 10.0 Å². The van der Waals surface area contributed by atoms with Gasteiger partial charge < -0.3 is 4.74 Å². The second-order valence-corrected chi connectivity index (χ2v) is 4.42. The summed E-state index contributed by atoms with van der Waals surface area (Å²) in [6.07, 6.45) is 2.62. The smallest absolute Gasteiger partial charge is 0.265 e. The van der Waals surface area contributed by atoms with Gasteiger partial charge in [0.2, 0.25) is 0 Å². The van der Waals surface area contributed by atoms with Crippen molar-refractivity contribution in [1.82, 2.24) is 14.7 Å². The monoisotopic (exact) mass is 235 g/mol. The van der Waals surface area contributed by atoms with E-state index in [0.717, 1.165) is 0 Å². The minimum atomic E-state index is -3.63. The highest BCUT2D eigenvalue weighted by Crippen LogP contribution is 2.05. The zero-order valence-corrected chi connectivity index (χ0v) is 9.32. The van der Waals surface area contributed by atoms with E-state index in [1.165, 1.54) is 24.2 Å². The van der Waals surface area contributed by atoms with Gasteiger partial charge in [0.05, 0.1) is 19.4 Å². The van der Waals surface area contributed by atoms with Gasteiger partial charge in [-0.05, 0) is 0 Å². The summed E-state index contributed by atoms with van der Waals surface area (Å²) in [5.41, 5.74) is 0. The van der Waals surface area contributed by atoms with E-state index in [2.05, 4.69) is 5.10 Å². The molecule has 0 spiro atoms. The van der Waals surface area contributed by atoms with Crippen molar-refractivity contribution in [3.8, 4) is 0 Å². The molecule has 8 heteroatoms. The Morgan fingerprint density at radius 3 is 2.80 bits per heavy atom. The van der Waals surface area contributed by atoms with Gasteiger partial charge in [-0.1, -0.05) is 4.89 Å². The van der Waals surface area contributed by atoms with Crippen LogP contribution >= 0.6 is 0 Å². The number of methoxy groups -OCH3 is 1. The Bertz CT molecular complexity index is 400. The number of nitrogens with one attached hydrogen (secondary N) is 1. The summed E-state index contributed by atoms with van der Waals surface area (Å²) < 4.78 is 29.0. The average Bonchev–Trinajstić information content (AvgIpc) is 2.60. The summed E-state index contributed by atoms with van der Waals surface area (Å²) >= 11 is 0. The molecule has 1 heterocycles. The molecule has 1 aromatic rings. The Morgan fingerprint density at radius 2 is 2.27 bits per heavy atom. The molecular formula is C7H13N3O4S. The molecule has 0 unspecified atom stereocenters. The average molecular weight is 235 g/mol. The number of aryl methyl sites for hydroxylation is 1. The second-order valence-electron chi connectivity index (χ2n) is 2.78. The predicted molar refractivity (Wildman–Crippen MR) is 51.4 cm³/mol. The molecule has 0 fully saturated rings. The SMILES string of the molecule is COCCONS(=O)(=O)c1cnn(C)c1. The van der Waals surface area contributed by atoms with Crippen LogP contribution < -0.4 is 4.89 Å². The highest BCUT2D eigenvalue weighted by atomic mass is 32.2. The van der Waals surface area contributed by atoms with Gasteiger partial charge in [0.15, 0.2) is 0 Å². The normalized spacial score (nSPS) is 11.9. The molecule has 0 aliphatic heterocycles. The summed E-state index contributed by atoms with van der Waals surface area (Å²) in [7, 11) is -0.502. The number of hydrogen-bond acceptors (Lipinski definition) is 5. The largest absolute Gasteiger partial charge is 0.382 e. The molecule has 0 aliphatic rings. The van der Waals surface area contributed by atoms with E-state index in [9.17, 15) is 8.42 Å². The fourth-order valence-electron chi connectivity index (χ4n) is 0.830. The molecule has 0 atom stereocenters. The van der Waals surface area contributed by atoms with Crippen LogP contribution in [0.15, 0.2) is 17.3 Å². The standard InChI is InChI=1S/C7H13N3O4S/c1-10-6-7(5-8-10)15(11,12)9-14-4-3-13-2/h5-6,9H,3-4H2,1-2H3. The molecule has 0 amide bonds. The minimum absolute atomic E-state index is 0.0578. The molecule has 7 nitrogen and oxygen atoms in total. The lowest BCUT2D eigenvalue weighted by Crippen LogP contribution is -2.25. The number of sulfonamides is 1. The molecule has 0 saturated heterocycles. The van der Waals surface area contributed by atoms with Crippen LogP contribution in [0.25, 0.3) is 0 Å². The van der Waals surface area contributed by atoms with Gasteiger partial charge in [0.1, 0.15) is 4.90 Å². The molecule has 0 bridgehead atoms. The van der Waals surface area contributed by atoms with Crippen LogP contribution in [0.4, 0.5) is 0 Å². The molecule has 0 aromatic carbocycles. The summed E-state index contributed by atoms with van der Waals surface area (Å²) in [5, 5.41) is 3.74. The van der Waals surface area contributed by atoms with E-state index >= 15 is 0 Å². The highest BCUT2D eigenvalue weighted by molar-refractivity contribution is 7.89. The van der Waals surface area contributed by atoms with Gasteiger partial charge in [-0.25, -0.2) is 8.42 Å². The third-order valence-corrected chi connectivity index (χ3v) is 2.72. The molecule has 1 N–H and O–H groups in total. The maximum atomic E-state index is 11.5. The summed E-state index contributed by atoms with van der Waals surface area (Å²) in [6.45, 7) is 0.464. The van der Waals surface area contributed by atoms with Crippen molar-refractivity contribution in [2.75, 3.05) is 20.3 Å². The maximum Gasteiger partial charge on any atom is 0.265 e. The number of ether oxygens (including phenoxy) is 1. The van der Waals surface area contributed by atoms with E-state index in [4.69, 9.17) is 9.57 Å².